The number of allylic oxidation sites excluding steroid dienone is 2. The molecule has 98 valence electrons. The molecule has 0 atom stereocenters. The molecule has 2 aliphatic rings. The molecule has 0 amide bonds. The molecular weight excluding hydrogens is 204 g/mol. The van der Waals surface area contributed by atoms with E-state index in [1.54, 1.807) is 0 Å². The average molecular weight is 234 g/mol. The van der Waals surface area contributed by atoms with Crippen molar-refractivity contribution < 1.29 is 0 Å². The van der Waals surface area contributed by atoms with E-state index in [0.29, 0.717) is 0 Å². The number of hydrogen-bond acceptors (Lipinski definition) is 0. The summed E-state index contributed by atoms with van der Waals surface area (Å²) >= 11 is 0. The van der Waals surface area contributed by atoms with Gasteiger partial charge in [-0.2, -0.15) is 0 Å². The molecule has 0 radical (unpaired) electrons. The van der Waals surface area contributed by atoms with E-state index in [0.717, 1.165) is 5.41 Å². The maximum atomic E-state index is 2.31. The molecule has 1 saturated carbocycles. The Labute approximate surface area is 108 Å². The molecule has 2 rings (SSSR count). The fraction of sp³-hybridized carbons (Fsp3) is 0.882. The number of unbranched alkanes of at least 4 members (excludes halogenated alkanes) is 4. The van der Waals surface area contributed by atoms with Gasteiger partial charge in [0.05, 0.1) is 0 Å². The lowest BCUT2D eigenvalue weighted by Gasteiger charge is -2.07. The molecule has 1 fully saturated rings. The van der Waals surface area contributed by atoms with Crippen LogP contribution in [0.5, 0.6) is 0 Å². The lowest BCUT2D eigenvalue weighted by Crippen LogP contribution is -1.92. The molecule has 0 saturated heterocycles. The van der Waals surface area contributed by atoms with Gasteiger partial charge in [0.2, 0.25) is 0 Å². The highest BCUT2D eigenvalue weighted by Gasteiger charge is 2.47. The Hall–Kier alpha value is -0.260. The van der Waals surface area contributed by atoms with E-state index < -0.39 is 0 Å². The molecule has 0 bridgehead atoms. The lowest BCUT2D eigenvalue weighted by molar-refractivity contribution is 0.528. The first-order chi connectivity index (χ1) is 8.29. The van der Waals surface area contributed by atoms with Crippen LogP contribution in [0.4, 0.5) is 0 Å². The van der Waals surface area contributed by atoms with Crippen LogP contribution in [0.2, 0.25) is 0 Å². The van der Waals surface area contributed by atoms with Gasteiger partial charge in [-0.1, -0.05) is 50.7 Å². The number of hydrogen-bond donors (Lipinski definition) is 0. The normalized spacial score (nSPS) is 21.5. The van der Waals surface area contributed by atoms with Crippen LogP contribution >= 0.6 is 0 Å². The van der Waals surface area contributed by atoms with E-state index in [4.69, 9.17) is 0 Å². The van der Waals surface area contributed by atoms with Crippen LogP contribution in [-0.2, 0) is 0 Å². The highest BCUT2D eigenvalue weighted by molar-refractivity contribution is 5.28. The summed E-state index contributed by atoms with van der Waals surface area (Å²) in [6, 6.07) is 0. The third-order valence-corrected chi connectivity index (χ3v) is 4.80. The van der Waals surface area contributed by atoms with E-state index in [2.05, 4.69) is 13.8 Å². The Morgan fingerprint density at radius 2 is 1.24 bits per heavy atom. The molecule has 0 heterocycles. The van der Waals surface area contributed by atoms with Gasteiger partial charge in [-0.25, -0.2) is 0 Å². The van der Waals surface area contributed by atoms with Crippen LogP contribution in [0.15, 0.2) is 11.1 Å². The van der Waals surface area contributed by atoms with Gasteiger partial charge in [0, 0.05) is 0 Å². The Morgan fingerprint density at radius 1 is 0.765 bits per heavy atom. The summed E-state index contributed by atoms with van der Waals surface area (Å²) in [6.45, 7) is 4.63. The Bertz CT molecular complexity index is 244. The van der Waals surface area contributed by atoms with Gasteiger partial charge in [0.25, 0.3) is 0 Å². The van der Waals surface area contributed by atoms with Crippen LogP contribution in [-0.4, -0.2) is 0 Å². The standard InChI is InChI=1S/C17H30/c1-3-5-7-9-15-13-17(11-12-17)14-16(15)10-8-6-4-2/h3-14H2,1-2H3. The molecule has 1 spiro atoms. The van der Waals surface area contributed by atoms with E-state index >= 15 is 0 Å². The molecule has 0 aromatic carbocycles. The summed E-state index contributed by atoms with van der Waals surface area (Å²) in [4.78, 5) is 0. The van der Waals surface area contributed by atoms with Crippen molar-refractivity contribution in [1.82, 2.24) is 0 Å². The maximum Gasteiger partial charge on any atom is -0.0223 e. The summed E-state index contributed by atoms with van der Waals surface area (Å²) in [7, 11) is 0. The Balaban J connectivity index is 1.83. The molecule has 17 heavy (non-hydrogen) atoms. The first kappa shape index (κ1) is 13.2. The minimum atomic E-state index is 0.809. The van der Waals surface area contributed by atoms with Crippen molar-refractivity contribution >= 4 is 0 Å². The predicted octanol–water partition coefficient (Wildman–Crippen LogP) is 6.02. The number of rotatable bonds is 8. The van der Waals surface area contributed by atoms with Crippen LogP contribution < -0.4 is 0 Å². The van der Waals surface area contributed by atoms with Crippen molar-refractivity contribution in [3.63, 3.8) is 0 Å². The third kappa shape index (κ3) is 3.60. The molecule has 0 heteroatoms. The fourth-order valence-electron chi connectivity index (χ4n) is 3.46. The molecule has 0 aromatic rings. The molecule has 0 unspecified atom stereocenters. The van der Waals surface area contributed by atoms with Crippen LogP contribution in [0.3, 0.4) is 0 Å². The zero-order valence-corrected chi connectivity index (χ0v) is 12.0. The van der Waals surface area contributed by atoms with Crippen molar-refractivity contribution in [1.29, 1.82) is 0 Å². The smallest absolute Gasteiger partial charge is 0.0223 e. The maximum absolute atomic E-state index is 2.31. The topological polar surface area (TPSA) is 0 Å². The summed E-state index contributed by atoms with van der Waals surface area (Å²) in [5.41, 5.74) is 4.60. The highest BCUT2D eigenvalue weighted by Crippen LogP contribution is 2.60. The van der Waals surface area contributed by atoms with Gasteiger partial charge in [-0.3, -0.25) is 0 Å². The van der Waals surface area contributed by atoms with Gasteiger partial charge in [0.1, 0.15) is 0 Å². The van der Waals surface area contributed by atoms with Gasteiger partial charge in [-0.05, 0) is 56.8 Å². The van der Waals surface area contributed by atoms with Crippen molar-refractivity contribution in [3.8, 4) is 0 Å². The van der Waals surface area contributed by atoms with E-state index in [1.165, 1.54) is 77.0 Å². The first-order valence-corrected chi connectivity index (χ1v) is 7.99. The van der Waals surface area contributed by atoms with Crippen molar-refractivity contribution in [2.24, 2.45) is 5.41 Å². The third-order valence-electron chi connectivity index (χ3n) is 4.80. The zero-order valence-electron chi connectivity index (χ0n) is 12.0. The minimum Gasteiger partial charge on any atom is -0.0704 e. The van der Waals surface area contributed by atoms with E-state index in [9.17, 15) is 0 Å². The predicted molar refractivity (Wildman–Crippen MR) is 76.2 cm³/mol. The second-order valence-electron chi connectivity index (χ2n) is 6.47. The molecule has 0 nitrogen and oxygen atoms in total. The molecule has 2 aliphatic carbocycles. The fourth-order valence-corrected chi connectivity index (χ4v) is 3.46. The summed E-state index contributed by atoms with van der Waals surface area (Å²) in [5, 5.41) is 0. The van der Waals surface area contributed by atoms with Crippen molar-refractivity contribution in [2.45, 2.75) is 90.9 Å². The highest BCUT2D eigenvalue weighted by atomic mass is 14.5. The van der Waals surface area contributed by atoms with E-state index in [1.807, 2.05) is 11.1 Å². The van der Waals surface area contributed by atoms with Crippen molar-refractivity contribution in [3.05, 3.63) is 11.1 Å². The van der Waals surface area contributed by atoms with Gasteiger partial charge in [-0.15, -0.1) is 0 Å². The average Bonchev–Trinajstić information content (AvgIpc) is 2.97. The quantitative estimate of drug-likeness (QED) is 0.356. The molecule has 0 N–H and O–H groups in total. The molecule has 0 aromatic heterocycles. The minimum absolute atomic E-state index is 0.809. The largest absolute Gasteiger partial charge is 0.0704 e. The van der Waals surface area contributed by atoms with Crippen LogP contribution in [0, 0.1) is 5.41 Å². The lowest BCUT2D eigenvalue weighted by atomic mass is 10.00. The Kier molecular flexibility index (Phi) is 4.70. The molecular formula is C17H30. The van der Waals surface area contributed by atoms with Gasteiger partial charge < -0.3 is 0 Å². The van der Waals surface area contributed by atoms with Crippen LogP contribution in [0.1, 0.15) is 90.9 Å². The summed E-state index contributed by atoms with van der Waals surface area (Å²) in [6.07, 6.45) is 17.4. The summed E-state index contributed by atoms with van der Waals surface area (Å²) < 4.78 is 0. The summed E-state index contributed by atoms with van der Waals surface area (Å²) in [5.74, 6) is 0. The Morgan fingerprint density at radius 3 is 1.59 bits per heavy atom. The van der Waals surface area contributed by atoms with E-state index in [-0.39, 0.29) is 0 Å². The second-order valence-corrected chi connectivity index (χ2v) is 6.47. The first-order valence-electron chi connectivity index (χ1n) is 7.99. The second kappa shape index (κ2) is 6.07. The van der Waals surface area contributed by atoms with Crippen LogP contribution in [0.25, 0.3) is 0 Å². The van der Waals surface area contributed by atoms with Gasteiger partial charge >= 0.3 is 0 Å². The molecule has 0 aliphatic heterocycles. The zero-order chi connectivity index (χ0) is 12.1. The SMILES string of the molecule is CCCCCC1=C(CCCCC)CC2(CC2)C1. The monoisotopic (exact) mass is 234 g/mol. The van der Waals surface area contributed by atoms with Gasteiger partial charge in [0.15, 0.2) is 0 Å². The van der Waals surface area contributed by atoms with Crippen molar-refractivity contribution in [2.75, 3.05) is 0 Å².